The molecule has 0 saturated heterocycles. The number of hydrogen-bond acceptors (Lipinski definition) is 3. The fourth-order valence-corrected chi connectivity index (χ4v) is 2.17. The summed E-state index contributed by atoms with van der Waals surface area (Å²) in [5.74, 6) is 0.807. The summed E-state index contributed by atoms with van der Waals surface area (Å²) in [6.07, 6.45) is 0. The third kappa shape index (κ3) is 2.04. The van der Waals surface area contributed by atoms with E-state index in [1.165, 1.54) is 3.57 Å². The highest BCUT2D eigenvalue weighted by Gasteiger charge is 2.14. The lowest BCUT2D eigenvalue weighted by molar-refractivity contribution is 0.716. The molecule has 2 rings (SSSR count). The normalized spacial score (nSPS) is 11.0. The van der Waals surface area contributed by atoms with E-state index in [1.54, 1.807) is 0 Å². The summed E-state index contributed by atoms with van der Waals surface area (Å²) in [5.41, 5.74) is 7.78. The molecule has 0 amide bonds. The third-order valence-electron chi connectivity index (χ3n) is 2.33. The molecule has 0 radical (unpaired) electrons. The van der Waals surface area contributed by atoms with Crippen molar-refractivity contribution in [3.05, 3.63) is 33.5 Å². The molecule has 5 heteroatoms. The third-order valence-corrected chi connectivity index (χ3v) is 3.00. The van der Waals surface area contributed by atoms with Crippen LogP contribution in [-0.4, -0.2) is 15.0 Å². The molecule has 1 heterocycles. The molecule has 0 fully saturated rings. The van der Waals surface area contributed by atoms with Crippen LogP contribution in [0.2, 0.25) is 0 Å². The van der Waals surface area contributed by atoms with Crippen LogP contribution in [0.1, 0.15) is 25.5 Å². The molecule has 0 atom stereocenters. The van der Waals surface area contributed by atoms with Crippen LogP contribution < -0.4 is 5.73 Å². The van der Waals surface area contributed by atoms with Crippen LogP contribution in [0.5, 0.6) is 0 Å². The number of anilines is 1. The first-order chi connectivity index (χ1) is 7.59. The van der Waals surface area contributed by atoms with E-state index in [0.29, 0.717) is 11.7 Å². The second-order valence-corrected chi connectivity index (χ2v) is 5.15. The average Bonchev–Trinajstić information content (AvgIpc) is 2.60. The molecule has 84 valence electrons. The van der Waals surface area contributed by atoms with Crippen LogP contribution in [0.4, 0.5) is 5.82 Å². The molecule has 0 aliphatic rings. The van der Waals surface area contributed by atoms with E-state index in [4.69, 9.17) is 5.73 Å². The Bertz CT molecular complexity index is 504. The Morgan fingerprint density at radius 3 is 2.75 bits per heavy atom. The van der Waals surface area contributed by atoms with Gasteiger partial charge in [-0.25, -0.2) is 4.68 Å². The summed E-state index contributed by atoms with van der Waals surface area (Å²) in [4.78, 5) is 0. The number of rotatable bonds is 2. The first-order valence-corrected chi connectivity index (χ1v) is 6.14. The molecule has 0 aliphatic heterocycles. The molecule has 2 aromatic rings. The number of halogens is 1. The first kappa shape index (κ1) is 11.4. The van der Waals surface area contributed by atoms with Gasteiger partial charge in [-0.3, -0.25) is 0 Å². The zero-order valence-electron chi connectivity index (χ0n) is 9.18. The molecular weight excluding hydrogens is 315 g/mol. The van der Waals surface area contributed by atoms with E-state index in [0.717, 1.165) is 11.4 Å². The van der Waals surface area contributed by atoms with Gasteiger partial charge in [0.15, 0.2) is 5.82 Å². The van der Waals surface area contributed by atoms with Crippen molar-refractivity contribution in [1.82, 2.24) is 15.0 Å². The lowest BCUT2D eigenvalue weighted by atomic mass is 10.1. The molecule has 0 bridgehead atoms. The molecule has 2 N–H and O–H groups in total. The molecule has 0 saturated carbocycles. The summed E-state index contributed by atoms with van der Waals surface area (Å²) >= 11 is 2.28. The van der Waals surface area contributed by atoms with Crippen LogP contribution in [0.3, 0.4) is 0 Å². The molecular formula is C11H13IN4. The number of nitrogen functional groups attached to an aromatic ring is 1. The summed E-state index contributed by atoms with van der Waals surface area (Å²) in [6, 6.07) is 8.10. The molecule has 1 aromatic carbocycles. The van der Waals surface area contributed by atoms with E-state index >= 15 is 0 Å². The van der Waals surface area contributed by atoms with Crippen molar-refractivity contribution in [2.45, 2.75) is 19.8 Å². The monoisotopic (exact) mass is 328 g/mol. The Labute approximate surface area is 108 Å². The van der Waals surface area contributed by atoms with Gasteiger partial charge in [-0.1, -0.05) is 25.1 Å². The maximum atomic E-state index is 5.82. The minimum Gasteiger partial charge on any atom is -0.381 e. The van der Waals surface area contributed by atoms with E-state index in [-0.39, 0.29) is 0 Å². The minimum absolute atomic E-state index is 0.299. The second kappa shape index (κ2) is 4.40. The Kier molecular flexibility index (Phi) is 3.13. The van der Waals surface area contributed by atoms with Crippen LogP contribution in [0.15, 0.2) is 24.3 Å². The topological polar surface area (TPSA) is 56.7 Å². The zero-order chi connectivity index (χ0) is 11.7. The van der Waals surface area contributed by atoms with Crippen molar-refractivity contribution in [3.63, 3.8) is 0 Å². The summed E-state index contributed by atoms with van der Waals surface area (Å²) in [7, 11) is 0. The van der Waals surface area contributed by atoms with E-state index in [1.807, 2.05) is 22.9 Å². The molecule has 4 nitrogen and oxygen atoms in total. The quantitative estimate of drug-likeness (QED) is 0.862. The summed E-state index contributed by atoms with van der Waals surface area (Å²) in [5, 5.41) is 8.02. The van der Waals surface area contributed by atoms with Crippen molar-refractivity contribution in [1.29, 1.82) is 0 Å². The first-order valence-electron chi connectivity index (χ1n) is 5.06. The highest BCUT2D eigenvalue weighted by Crippen LogP contribution is 2.23. The molecule has 0 aliphatic carbocycles. The van der Waals surface area contributed by atoms with E-state index in [2.05, 4.69) is 52.8 Å². The summed E-state index contributed by atoms with van der Waals surface area (Å²) < 4.78 is 2.97. The predicted octanol–water partition coefficient (Wildman–Crippen LogP) is 2.58. The van der Waals surface area contributed by atoms with Gasteiger partial charge >= 0.3 is 0 Å². The number of hydrogen-bond donors (Lipinski definition) is 1. The van der Waals surface area contributed by atoms with Gasteiger partial charge in [0.2, 0.25) is 0 Å². The number of nitrogens with zero attached hydrogens (tertiary/aromatic N) is 3. The zero-order valence-corrected chi connectivity index (χ0v) is 11.3. The molecule has 0 unspecified atom stereocenters. The van der Waals surface area contributed by atoms with Gasteiger partial charge in [0.25, 0.3) is 0 Å². The molecule has 16 heavy (non-hydrogen) atoms. The SMILES string of the molecule is CC(C)c1c(N)nnn1-c1cccc(I)c1. The van der Waals surface area contributed by atoms with Crippen LogP contribution in [-0.2, 0) is 0 Å². The highest BCUT2D eigenvalue weighted by molar-refractivity contribution is 14.1. The number of benzene rings is 1. The average molecular weight is 328 g/mol. The van der Waals surface area contributed by atoms with Crippen LogP contribution >= 0.6 is 22.6 Å². The van der Waals surface area contributed by atoms with Crippen molar-refractivity contribution in [2.24, 2.45) is 0 Å². The van der Waals surface area contributed by atoms with E-state index in [9.17, 15) is 0 Å². The van der Waals surface area contributed by atoms with Gasteiger partial charge in [-0.05, 0) is 46.7 Å². The van der Waals surface area contributed by atoms with Crippen molar-refractivity contribution in [3.8, 4) is 5.69 Å². The smallest absolute Gasteiger partial charge is 0.169 e. The highest BCUT2D eigenvalue weighted by atomic mass is 127. The fourth-order valence-electron chi connectivity index (χ4n) is 1.64. The minimum atomic E-state index is 0.299. The van der Waals surface area contributed by atoms with Gasteiger partial charge in [0, 0.05) is 3.57 Å². The van der Waals surface area contributed by atoms with Crippen molar-refractivity contribution in [2.75, 3.05) is 5.73 Å². The van der Waals surface area contributed by atoms with Gasteiger partial charge < -0.3 is 5.73 Å². The maximum absolute atomic E-state index is 5.82. The number of nitrogens with two attached hydrogens (primary N) is 1. The Hall–Kier alpha value is -1.11. The standard InChI is InChI=1S/C11H13IN4/c1-7(2)10-11(13)14-15-16(10)9-5-3-4-8(12)6-9/h3-7H,13H2,1-2H3. The van der Waals surface area contributed by atoms with Crippen molar-refractivity contribution >= 4 is 28.4 Å². The van der Waals surface area contributed by atoms with Crippen LogP contribution in [0, 0.1) is 3.57 Å². The van der Waals surface area contributed by atoms with Crippen LogP contribution in [0.25, 0.3) is 5.69 Å². The van der Waals surface area contributed by atoms with Crippen molar-refractivity contribution < 1.29 is 0 Å². The summed E-state index contributed by atoms with van der Waals surface area (Å²) in [6.45, 7) is 4.17. The van der Waals surface area contributed by atoms with Gasteiger partial charge in [-0.15, -0.1) is 5.10 Å². The number of aromatic nitrogens is 3. The predicted molar refractivity (Wildman–Crippen MR) is 72.6 cm³/mol. The largest absolute Gasteiger partial charge is 0.381 e. The lowest BCUT2D eigenvalue weighted by Crippen LogP contribution is -2.05. The Morgan fingerprint density at radius 1 is 1.38 bits per heavy atom. The maximum Gasteiger partial charge on any atom is 0.169 e. The van der Waals surface area contributed by atoms with Gasteiger partial charge in [-0.2, -0.15) is 0 Å². The fraction of sp³-hybridized carbons (Fsp3) is 0.273. The molecule has 0 spiro atoms. The van der Waals surface area contributed by atoms with Gasteiger partial charge in [0.1, 0.15) is 0 Å². The van der Waals surface area contributed by atoms with Gasteiger partial charge in [0.05, 0.1) is 11.4 Å². The lowest BCUT2D eigenvalue weighted by Gasteiger charge is -2.09. The van der Waals surface area contributed by atoms with E-state index < -0.39 is 0 Å². The Morgan fingerprint density at radius 2 is 2.12 bits per heavy atom. The second-order valence-electron chi connectivity index (χ2n) is 3.91. The Balaban J connectivity index is 2.56. The molecule has 1 aromatic heterocycles.